The largest absolute Gasteiger partial charge is 0.497 e. The lowest BCUT2D eigenvalue weighted by molar-refractivity contribution is 0.0536. The van der Waals surface area contributed by atoms with Crippen molar-refractivity contribution in [3.63, 3.8) is 0 Å². The Bertz CT molecular complexity index is 1000. The molecule has 0 aliphatic carbocycles. The lowest BCUT2D eigenvalue weighted by Crippen LogP contribution is -2.48. The molecule has 0 atom stereocenters. The summed E-state index contributed by atoms with van der Waals surface area (Å²) in [5, 5.41) is 3.67. The van der Waals surface area contributed by atoms with Crippen molar-refractivity contribution in [3.05, 3.63) is 58.6 Å². The van der Waals surface area contributed by atoms with E-state index in [9.17, 15) is 9.59 Å². The molecule has 0 bridgehead atoms. The standard InChI is InChI=1S/C27H33ClN2O4/c1-33-22-9-6-20(7-10-22)26(32)30-15-13-27(14-16-30)12-4-2-3-5-17-34-24-11-8-21(28)18-23(24)25(31)29-19-27/h6-11,18H,2-5,12-17,19H2,1H3,(H,29,31). The molecule has 1 spiro atoms. The van der Waals surface area contributed by atoms with E-state index in [0.717, 1.165) is 50.7 Å². The van der Waals surface area contributed by atoms with Crippen LogP contribution in [0, 0.1) is 5.41 Å². The van der Waals surface area contributed by atoms with Crippen molar-refractivity contribution in [3.8, 4) is 11.5 Å². The Morgan fingerprint density at radius 3 is 2.50 bits per heavy atom. The topological polar surface area (TPSA) is 67.9 Å². The molecular weight excluding hydrogens is 452 g/mol. The SMILES string of the molecule is COc1ccc(C(=O)N2CCC3(CCCCCCOc4ccc(Cl)cc4C(=O)NC3)CC2)cc1. The molecule has 0 radical (unpaired) electrons. The van der Waals surface area contributed by atoms with Crippen LogP contribution in [-0.4, -0.2) is 50.1 Å². The highest BCUT2D eigenvalue weighted by atomic mass is 35.5. The van der Waals surface area contributed by atoms with Crippen molar-refractivity contribution < 1.29 is 19.1 Å². The fraction of sp³-hybridized carbons (Fsp3) is 0.481. The molecule has 2 aromatic carbocycles. The summed E-state index contributed by atoms with van der Waals surface area (Å²) in [7, 11) is 1.62. The van der Waals surface area contributed by atoms with Gasteiger partial charge in [-0.2, -0.15) is 0 Å². The Labute approximate surface area is 206 Å². The van der Waals surface area contributed by atoms with Crippen LogP contribution in [0.3, 0.4) is 0 Å². The summed E-state index contributed by atoms with van der Waals surface area (Å²) < 4.78 is 11.1. The van der Waals surface area contributed by atoms with Gasteiger partial charge in [-0.15, -0.1) is 0 Å². The molecule has 2 aromatic rings. The van der Waals surface area contributed by atoms with E-state index in [0.29, 0.717) is 48.1 Å². The van der Waals surface area contributed by atoms with E-state index in [1.807, 2.05) is 29.2 Å². The zero-order valence-corrected chi connectivity index (χ0v) is 20.5. The van der Waals surface area contributed by atoms with Crippen molar-refractivity contribution in [2.45, 2.75) is 44.9 Å². The van der Waals surface area contributed by atoms with E-state index < -0.39 is 0 Å². The fourth-order valence-electron chi connectivity index (χ4n) is 4.92. The predicted molar refractivity (Wildman–Crippen MR) is 133 cm³/mol. The van der Waals surface area contributed by atoms with Crippen molar-refractivity contribution in [1.29, 1.82) is 0 Å². The first kappa shape index (κ1) is 24.4. The summed E-state index contributed by atoms with van der Waals surface area (Å²) in [6.45, 7) is 2.55. The van der Waals surface area contributed by atoms with Gasteiger partial charge >= 0.3 is 0 Å². The van der Waals surface area contributed by atoms with Gasteiger partial charge in [0.2, 0.25) is 0 Å². The summed E-state index contributed by atoms with van der Waals surface area (Å²) in [6.07, 6.45) is 7.09. The molecular formula is C27H33ClN2O4. The van der Waals surface area contributed by atoms with Crippen molar-refractivity contribution in [1.82, 2.24) is 10.2 Å². The van der Waals surface area contributed by atoms with E-state index >= 15 is 0 Å². The van der Waals surface area contributed by atoms with Gasteiger partial charge in [0.25, 0.3) is 11.8 Å². The van der Waals surface area contributed by atoms with E-state index in [1.54, 1.807) is 25.3 Å². The number of likely N-dealkylation sites (tertiary alicyclic amines) is 1. The first-order valence-electron chi connectivity index (χ1n) is 12.1. The van der Waals surface area contributed by atoms with Gasteiger partial charge in [-0.25, -0.2) is 0 Å². The first-order valence-corrected chi connectivity index (χ1v) is 12.5. The second kappa shape index (κ2) is 11.1. The summed E-state index contributed by atoms with van der Waals surface area (Å²) >= 11 is 6.17. The van der Waals surface area contributed by atoms with Crippen LogP contribution in [0.5, 0.6) is 11.5 Å². The quantitative estimate of drug-likeness (QED) is 0.624. The van der Waals surface area contributed by atoms with Crippen LogP contribution >= 0.6 is 11.6 Å². The molecule has 1 fully saturated rings. The molecule has 0 unspecified atom stereocenters. The number of piperidine rings is 1. The zero-order chi connectivity index (χ0) is 24.0. The number of carbonyl (C=O) groups excluding carboxylic acids is 2. The van der Waals surface area contributed by atoms with Gasteiger partial charge in [-0.3, -0.25) is 9.59 Å². The predicted octanol–water partition coefficient (Wildman–Crippen LogP) is 5.34. The number of nitrogens with zero attached hydrogens (tertiary/aromatic N) is 1. The zero-order valence-electron chi connectivity index (χ0n) is 19.8. The molecule has 2 heterocycles. The van der Waals surface area contributed by atoms with Gasteiger partial charge in [0.15, 0.2) is 0 Å². The van der Waals surface area contributed by atoms with Gasteiger partial charge in [-0.05, 0) is 73.6 Å². The molecule has 34 heavy (non-hydrogen) atoms. The average molecular weight is 485 g/mol. The fourth-order valence-corrected chi connectivity index (χ4v) is 5.09. The number of fused-ring (bicyclic) bond motifs is 1. The summed E-state index contributed by atoms with van der Waals surface area (Å²) in [4.78, 5) is 28.0. The molecule has 2 aliphatic rings. The molecule has 7 heteroatoms. The van der Waals surface area contributed by atoms with Crippen LogP contribution < -0.4 is 14.8 Å². The van der Waals surface area contributed by atoms with Crippen LogP contribution in [0.25, 0.3) is 0 Å². The van der Waals surface area contributed by atoms with Gasteiger partial charge in [0, 0.05) is 30.2 Å². The van der Waals surface area contributed by atoms with Crippen molar-refractivity contribution in [2.75, 3.05) is 33.4 Å². The lowest BCUT2D eigenvalue weighted by atomic mass is 9.74. The third-order valence-electron chi connectivity index (χ3n) is 7.12. The minimum Gasteiger partial charge on any atom is -0.497 e. The van der Waals surface area contributed by atoms with Crippen LogP contribution in [0.1, 0.15) is 65.7 Å². The van der Waals surface area contributed by atoms with E-state index in [1.165, 1.54) is 0 Å². The van der Waals surface area contributed by atoms with Crippen LogP contribution in [0.15, 0.2) is 42.5 Å². The Balaban J connectivity index is 1.45. The Kier molecular flexibility index (Phi) is 7.99. The molecule has 0 aromatic heterocycles. The number of hydrogen-bond acceptors (Lipinski definition) is 4. The highest BCUT2D eigenvalue weighted by Gasteiger charge is 2.36. The van der Waals surface area contributed by atoms with E-state index in [2.05, 4.69) is 5.32 Å². The van der Waals surface area contributed by atoms with Crippen LogP contribution in [-0.2, 0) is 0 Å². The maximum absolute atomic E-state index is 13.1. The van der Waals surface area contributed by atoms with Gasteiger partial charge in [0.1, 0.15) is 11.5 Å². The van der Waals surface area contributed by atoms with Gasteiger partial charge < -0.3 is 19.7 Å². The molecule has 0 saturated carbocycles. The van der Waals surface area contributed by atoms with E-state index in [-0.39, 0.29) is 17.2 Å². The molecule has 1 N–H and O–H groups in total. The molecule has 1 saturated heterocycles. The first-order chi connectivity index (χ1) is 16.5. The number of methoxy groups -OCH3 is 1. The monoisotopic (exact) mass is 484 g/mol. The minimum absolute atomic E-state index is 0.0139. The molecule has 182 valence electrons. The van der Waals surface area contributed by atoms with Gasteiger partial charge in [-0.1, -0.05) is 30.9 Å². The van der Waals surface area contributed by atoms with Crippen molar-refractivity contribution in [2.24, 2.45) is 5.41 Å². The number of halogens is 1. The number of hydrogen-bond donors (Lipinski definition) is 1. The van der Waals surface area contributed by atoms with Crippen molar-refractivity contribution >= 4 is 23.4 Å². The van der Waals surface area contributed by atoms with Crippen LogP contribution in [0.4, 0.5) is 0 Å². The second-order valence-corrected chi connectivity index (χ2v) is 9.79. The number of amides is 2. The van der Waals surface area contributed by atoms with E-state index in [4.69, 9.17) is 21.1 Å². The average Bonchev–Trinajstić information content (AvgIpc) is 2.88. The third-order valence-corrected chi connectivity index (χ3v) is 7.35. The Hall–Kier alpha value is -2.73. The normalized spacial score (nSPS) is 19.0. The maximum atomic E-state index is 13.1. The highest BCUT2D eigenvalue weighted by Crippen LogP contribution is 2.37. The number of ether oxygens (including phenoxy) is 2. The summed E-state index contributed by atoms with van der Waals surface area (Å²) in [5.74, 6) is 1.21. The Morgan fingerprint density at radius 2 is 1.76 bits per heavy atom. The van der Waals surface area contributed by atoms with Crippen LogP contribution in [0.2, 0.25) is 5.02 Å². The molecule has 4 rings (SSSR count). The molecule has 2 aliphatic heterocycles. The highest BCUT2D eigenvalue weighted by molar-refractivity contribution is 6.31. The molecule has 2 amide bonds. The summed E-state index contributed by atoms with van der Waals surface area (Å²) in [5.41, 5.74) is 1.14. The molecule has 6 nitrogen and oxygen atoms in total. The van der Waals surface area contributed by atoms with Gasteiger partial charge in [0.05, 0.1) is 19.3 Å². The smallest absolute Gasteiger partial charge is 0.255 e. The maximum Gasteiger partial charge on any atom is 0.255 e. The third kappa shape index (κ3) is 5.84. The second-order valence-electron chi connectivity index (χ2n) is 9.36. The summed E-state index contributed by atoms with van der Waals surface area (Å²) in [6, 6.07) is 12.5. The Morgan fingerprint density at radius 1 is 1.03 bits per heavy atom. The lowest BCUT2D eigenvalue weighted by Gasteiger charge is -2.42. The number of benzene rings is 2. The number of nitrogens with one attached hydrogen (secondary N) is 1. The number of rotatable bonds is 2. The number of carbonyl (C=O) groups is 2. The minimum atomic E-state index is -0.159.